The van der Waals surface area contributed by atoms with Gasteiger partial charge in [-0.3, -0.25) is 9.78 Å². The van der Waals surface area contributed by atoms with Gasteiger partial charge in [0.05, 0.1) is 11.1 Å². The largest absolute Gasteiger partial charge is 0.454 e. The number of hydrogen-bond donors (Lipinski definition) is 1. The lowest BCUT2D eigenvalue weighted by molar-refractivity contribution is 0.0720. The Balaban J connectivity index is 1.33. The molecule has 1 amide bonds. The molecule has 218 valence electrons. The maximum atomic E-state index is 14.4. The van der Waals surface area contributed by atoms with Crippen LogP contribution in [-0.2, 0) is 6.54 Å². The highest BCUT2D eigenvalue weighted by Crippen LogP contribution is 2.37. The zero-order valence-corrected chi connectivity index (χ0v) is 24.6. The van der Waals surface area contributed by atoms with Crippen LogP contribution in [-0.4, -0.2) is 40.2 Å². The van der Waals surface area contributed by atoms with Gasteiger partial charge in [0.1, 0.15) is 5.82 Å². The van der Waals surface area contributed by atoms with Gasteiger partial charge in [0.25, 0.3) is 5.91 Å². The van der Waals surface area contributed by atoms with Crippen LogP contribution in [0.15, 0.2) is 67.0 Å². The maximum Gasteiger partial charge on any atom is 0.254 e. The standard InChI is InChI=1S/C35H40N4O3/c1-3-4-5-7-24(2)18-28-8-6-17-39(28)35(40)30-21-34(37-22-25-13-15-36-16-14-25)38-31-11-9-26(19-29(30)31)27-10-12-32-33(20-27)42-23-41-32/h9-16,19-21,24,28H,3-8,17-18,22-23H2,1-2H3,(H,37,38)/t24-,28+/m1/s1. The molecule has 6 rings (SSSR count). The van der Waals surface area contributed by atoms with E-state index in [-0.39, 0.29) is 18.7 Å². The van der Waals surface area contributed by atoms with E-state index in [0.717, 1.165) is 64.9 Å². The van der Waals surface area contributed by atoms with Gasteiger partial charge >= 0.3 is 0 Å². The summed E-state index contributed by atoms with van der Waals surface area (Å²) in [5.74, 6) is 2.90. The summed E-state index contributed by atoms with van der Waals surface area (Å²) >= 11 is 0. The number of hydrogen-bond acceptors (Lipinski definition) is 6. The molecule has 0 bridgehead atoms. The van der Waals surface area contributed by atoms with Crippen LogP contribution in [0.4, 0.5) is 5.82 Å². The van der Waals surface area contributed by atoms with Gasteiger partial charge in [0.15, 0.2) is 11.5 Å². The number of rotatable bonds is 11. The van der Waals surface area contributed by atoms with Crippen molar-refractivity contribution in [2.45, 2.75) is 71.4 Å². The zero-order chi connectivity index (χ0) is 28.9. The number of fused-ring (bicyclic) bond motifs is 2. The molecule has 2 aliphatic rings. The number of likely N-dealkylation sites (tertiary alicyclic amines) is 1. The normalized spacial score (nSPS) is 16.6. The average molecular weight is 565 g/mol. The summed E-state index contributed by atoms with van der Waals surface area (Å²) in [5.41, 5.74) is 4.63. The van der Waals surface area contributed by atoms with Crippen LogP contribution in [0.25, 0.3) is 22.0 Å². The summed E-state index contributed by atoms with van der Waals surface area (Å²) in [6.45, 7) is 6.24. The van der Waals surface area contributed by atoms with E-state index in [4.69, 9.17) is 14.5 Å². The molecule has 0 radical (unpaired) electrons. The summed E-state index contributed by atoms with van der Waals surface area (Å²) < 4.78 is 11.1. The Morgan fingerprint density at radius 3 is 2.69 bits per heavy atom. The topological polar surface area (TPSA) is 76.6 Å². The van der Waals surface area contributed by atoms with Crippen molar-refractivity contribution >= 4 is 22.6 Å². The smallest absolute Gasteiger partial charge is 0.254 e. The van der Waals surface area contributed by atoms with Gasteiger partial charge in [0, 0.05) is 36.9 Å². The van der Waals surface area contributed by atoms with E-state index < -0.39 is 0 Å². The van der Waals surface area contributed by atoms with Gasteiger partial charge in [-0.05, 0) is 84.3 Å². The Bertz CT molecular complexity index is 1540. The second kappa shape index (κ2) is 12.8. The van der Waals surface area contributed by atoms with Crippen molar-refractivity contribution in [2.75, 3.05) is 18.7 Å². The molecule has 4 heterocycles. The van der Waals surface area contributed by atoms with E-state index in [2.05, 4.69) is 41.2 Å². The van der Waals surface area contributed by atoms with Crippen molar-refractivity contribution in [3.05, 3.63) is 78.1 Å². The average Bonchev–Trinajstić information content (AvgIpc) is 3.69. The first-order chi connectivity index (χ1) is 20.6. The number of pyridine rings is 2. The fraction of sp³-hybridized carbons (Fsp3) is 0.400. The summed E-state index contributed by atoms with van der Waals surface area (Å²) in [4.78, 5) is 25.5. The summed E-state index contributed by atoms with van der Waals surface area (Å²) in [5, 5.41) is 4.31. The lowest BCUT2D eigenvalue weighted by atomic mass is 9.94. The number of benzene rings is 2. The van der Waals surface area contributed by atoms with Crippen molar-refractivity contribution in [1.82, 2.24) is 14.9 Å². The van der Waals surface area contributed by atoms with Gasteiger partial charge in [-0.15, -0.1) is 0 Å². The lowest BCUT2D eigenvalue weighted by Crippen LogP contribution is -2.36. The minimum absolute atomic E-state index is 0.0976. The number of aromatic nitrogens is 2. The minimum Gasteiger partial charge on any atom is -0.454 e. The molecule has 2 aliphatic heterocycles. The molecule has 2 aromatic carbocycles. The van der Waals surface area contributed by atoms with Crippen molar-refractivity contribution in [2.24, 2.45) is 5.92 Å². The summed E-state index contributed by atoms with van der Waals surface area (Å²) in [6.07, 6.45) is 11.8. The highest BCUT2D eigenvalue weighted by Gasteiger charge is 2.31. The van der Waals surface area contributed by atoms with Gasteiger partial charge in [-0.25, -0.2) is 4.98 Å². The zero-order valence-electron chi connectivity index (χ0n) is 24.6. The van der Waals surface area contributed by atoms with Crippen LogP contribution in [0.2, 0.25) is 0 Å². The van der Waals surface area contributed by atoms with Crippen LogP contribution in [0.1, 0.15) is 74.7 Å². The quantitative estimate of drug-likeness (QED) is 0.187. The van der Waals surface area contributed by atoms with Crippen LogP contribution in [0.3, 0.4) is 0 Å². The van der Waals surface area contributed by atoms with Gasteiger partial charge in [-0.1, -0.05) is 51.7 Å². The van der Waals surface area contributed by atoms with E-state index in [1.165, 1.54) is 25.7 Å². The van der Waals surface area contributed by atoms with Crippen LogP contribution in [0, 0.1) is 5.92 Å². The van der Waals surface area contributed by atoms with Crippen molar-refractivity contribution in [3.63, 3.8) is 0 Å². The van der Waals surface area contributed by atoms with E-state index >= 15 is 0 Å². The number of nitrogens with one attached hydrogen (secondary N) is 1. The Labute approximate surface area is 248 Å². The van der Waals surface area contributed by atoms with E-state index in [1.54, 1.807) is 12.4 Å². The lowest BCUT2D eigenvalue weighted by Gasteiger charge is -2.28. The fourth-order valence-corrected chi connectivity index (χ4v) is 6.27. The predicted octanol–water partition coefficient (Wildman–Crippen LogP) is 7.85. The third kappa shape index (κ3) is 6.20. The third-order valence-corrected chi connectivity index (χ3v) is 8.58. The molecule has 1 fully saturated rings. The molecular formula is C35H40N4O3. The molecule has 42 heavy (non-hydrogen) atoms. The molecule has 0 saturated carbocycles. The number of amides is 1. The number of nitrogens with zero attached hydrogens (tertiary/aromatic N) is 3. The van der Waals surface area contributed by atoms with Crippen molar-refractivity contribution in [3.8, 4) is 22.6 Å². The monoisotopic (exact) mass is 564 g/mol. The number of carbonyl (C=O) groups is 1. The first-order valence-electron chi connectivity index (χ1n) is 15.4. The Hall–Kier alpha value is -4.13. The molecule has 4 aromatic rings. The SMILES string of the molecule is CCCCC[C@@H](C)C[C@@H]1CCCN1C(=O)c1cc(NCc2ccncc2)nc2ccc(-c3ccc4c(c3)OCO4)cc12. The van der Waals surface area contributed by atoms with Crippen molar-refractivity contribution < 1.29 is 14.3 Å². The van der Waals surface area contributed by atoms with Crippen LogP contribution in [0.5, 0.6) is 11.5 Å². The van der Waals surface area contributed by atoms with E-state index in [0.29, 0.717) is 23.8 Å². The molecule has 7 nitrogen and oxygen atoms in total. The maximum absolute atomic E-state index is 14.4. The first kappa shape index (κ1) is 28.0. The van der Waals surface area contributed by atoms with E-state index in [1.807, 2.05) is 42.5 Å². The van der Waals surface area contributed by atoms with Gasteiger partial charge in [0.2, 0.25) is 6.79 Å². The first-order valence-corrected chi connectivity index (χ1v) is 15.4. The Kier molecular flexibility index (Phi) is 8.54. The van der Waals surface area contributed by atoms with Crippen molar-refractivity contribution in [1.29, 1.82) is 0 Å². The number of unbranched alkanes of at least 4 members (excludes halogenated alkanes) is 2. The van der Waals surface area contributed by atoms with E-state index in [9.17, 15) is 4.79 Å². The molecule has 0 unspecified atom stereocenters. The number of ether oxygens (including phenoxy) is 2. The summed E-state index contributed by atoms with van der Waals surface area (Å²) in [7, 11) is 0. The van der Waals surface area contributed by atoms with Crippen LogP contribution >= 0.6 is 0 Å². The third-order valence-electron chi connectivity index (χ3n) is 8.58. The molecule has 0 spiro atoms. The van der Waals surface area contributed by atoms with Crippen LogP contribution < -0.4 is 14.8 Å². The molecule has 1 saturated heterocycles. The highest BCUT2D eigenvalue weighted by molar-refractivity contribution is 6.08. The molecule has 0 aliphatic carbocycles. The predicted molar refractivity (Wildman–Crippen MR) is 167 cm³/mol. The Morgan fingerprint density at radius 1 is 1.02 bits per heavy atom. The molecular weight excluding hydrogens is 524 g/mol. The number of carbonyl (C=O) groups excluding carboxylic acids is 1. The molecule has 1 N–H and O–H groups in total. The molecule has 7 heteroatoms. The Morgan fingerprint density at radius 2 is 1.83 bits per heavy atom. The minimum atomic E-state index is 0.0976. The molecule has 2 atom stereocenters. The van der Waals surface area contributed by atoms with Gasteiger partial charge < -0.3 is 19.7 Å². The highest BCUT2D eigenvalue weighted by atomic mass is 16.7. The summed E-state index contributed by atoms with van der Waals surface area (Å²) in [6, 6.07) is 18.3. The fourth-order valence-electron chi connectivity index (χ4n) is 6.27. The second-order valence-electron chi connectivity index (χ2n) is 11.7. The van der Waals surface area contributed by atoms with Gasteiger partial charge in [-0.2, -0.15) is 0 Å². The molecule has 2 aromatic heterocycles. The second-order valence-corrected chi connectivity index (χ2v) is 11.7. The number of anilines is 1.